The fourth-order valence-corrected chi connectivity index (χ4v) is 2.04. The molecule has 124 valence electrons. The molecule has 0 fully saturated rings. The van der Waals surface area contributed by atoms with Gasteiger partial charge in [-0.05, 0) is 35.9 Å². The van der Waals surface area contributed by atoms with E-state index in [1.165, 1.54) is 0 Å². The average Bonchev–Trinajstić information content (AvgIpc) is 2.64. The standard InChI is InChI=1S/C19H19NO4/c1-5-10-24-18-8-6-14(11-19(18)23-4)13-20-16-12-15(21-2)7-9-17(16)22-3/h1,6-9,11-13H,10H2,2-4H3. The number of methoxy groups -OCH3 is 3. The third kappa shape index (κ3) is 4.20. The molecule has 0 aliphatic carbocycles. The molecule has 0 aliphatic heterocycles. The number of hydrogen-bond acceptors (Lipinski definition) is 5. The van der Waals surface area contributed by atoms with Crippen LogP contribution in [-0.2, 0) is 0 Å². The van der Waals surface area contributed by atoms with Gasteiger partial charge in [-0.3, -0.25) is 4.99 Å². The van der Waals surface area contributed by atoms with Crippen LogP contribution in [0.4, 0.5) is 5.69 Å². The Morgan fingerprint density at radius 1 is 0.958 bits per heavy atom. The minimum Gasteiger partial charge on any atom is -0.497 e. The second kappa shape index (κ2) is 8.49. The van der Waals surface area contributed by atoms with Gasteiger partial charge in [0.1, 0.15) is 23.8 Å². The summed E-state index contributed by atoms with van der Waals surface area (Å²) in [5.41, 5.74) is 1.52. The summed E-state index contributed by atoms with van der Waals surface area (Å²) < 4.78 is 21.3. The van der Waals surface area contributed by atoms with Crippen molar-refractivity contribution < 1.29 is 18.9 Å². The zero-order valence-corrected chi connectivity index (χ0v) is 13.9. The predicted molar refractivity (Wildman–Crippen MR) is 94.1 cm³/mol. The Balaban J connectivity index is 2.27. The zero-order chi connectivity index (χ0) is 17.4. The Morgan fingerprint density at radius 2 is 1.71 bits per heavy atom. The van der Waals surface area contributed by atoms with Crippen LogP contribution in [0.5, 0.6) is 23.0 Å². The lowest BCUT2D eigenvalue weighted by Gasteiger charge is -2.09. The molecule has 24 heavy (non-hydrogen) atoms. The minimum absolute atomic E-state index is 0.185. The van der Waals surface area contributed by atoms with E-state index in [1.54, 1.807) is 39.7 Å². The highest BCUT2D eigenvalue weighted by atomic mass is 16.5. The van der Waals surface area contributed by atoms with Crippen LogP contribution < -0.4 is 18.9 Å². The fourth-order valence-electron chi connectivity index (χ4n) is 2.04. The number of hydrogen-bond donors (Lipinski definition) is 0. The first-order chi connectivity index (χ1) is 11.7. The smallest absolute Gasteiger partial charge is 0.162 e. The summed E-state index contributed by atoms with van der Waals surface area (Å²) >= 11 is 0. The molecule has 0 aromatic heterocycles. The predicted octanol–water partition coefficient (Wildman–Crippen LogP) is 3.48. The molecular weight excluding hydrogens is 306 g/mol. The molecule has 5 nitrogen and oxygen atoms in total. The van der Waals surface area contributed by atoms with Gasteiger partial charge >= 0.3 is 0 Å². The highest BCUT2D eigenvalue weighted by molar-refractivity contribution is 5.84. The molecule has 0 spiro atoms. The SMILES string of the molecule is C#CCOc1ccc(C=Nc2cc(OC)ccc2OC)cc1OC. The topological polar surface area (TPSA) is 49.3 Å². The van der Waals surface area contributed by atoms with Crippen molar-refractivity contribution in [2.45, 2.75) is 0 Å². The molecule has 5 heteroatoms. The first-order valence-corrected chi connectivity index (χ1v) is 7.22. The molecule has 0 saturated heterocycles. The van der Waals surface area contributed by atoms with Crippen LogP contribution in [0.15, 0.2) is 41.4 Å². The lowest BCUT2D eigenvalue weighted by atomic mass is 10.2. The minimum atomic E-state index is 0.185. The second-order valence-electron chi connectivity index (χ2n) is 4.70. The van der Waals surface area contributed by atoms with Gasteiger partial charge < -0.3 is 18.9 Å². The van der Waals surface area contributed by atoms with E-state index in [-0.39, 0.29) is 6.61 Å². The molecule has 0 unspecified atom stereocenters. The van der Waals surface area contributed by atoms with Gasteiger partial charge in [-0.25, -0.2) is 0 Å². The van der Waals surface area contributed by atoms with Crippen molar-refractivity contribution in [3.63, 3.8) is 0 Å². The molecule has 0 aliphatic rings. The number of terminal acetylenes is 1. The third-order valence-corrected chi connectivity index (χ3v) is 3.24. The van der Waals surface area contributed by atoms with Crippen LogP contribution in [0, 0.1) is 12.3 Å². The van der Waals surface area contributed by atoms with Gasteiger partial charge in [-0.2, -0.15) is 0 Å². The number of nitrogens with zero attached hydrogens (tertiary/aromatic N) is 1. The summed E-state index contributed by atoms with van der Waals surface area (Å²) in [5, 5.41) is 0. The third-order valence-electron chi connectivity index (χ3n) is 3.24. The average molecular weight is 325 g/mol. The number of benzene rings is 2. The van der Waals surface area contributed by atoms with E-state index in [1.807, 2.05) is 24.3 Å². The van der Waals surface area contributed by atoms with Crippen molar-refractivity contribution in [1.82, 2.24) is 0 Å². The van der Waals surface area contributed by atoms with Gasteiger partial charge in [0.25, 0.3) is 0 Å². The Bertz CT molecular complexity index is 762. The molecule has 0 saturated carbocycles. The largest absolute Gasteiger partial charge is 0.497 e. The molecular formula is C19H19NO4. The maximum absolute atomic E-state index is 5.42. The van der Waals surface area contributed by atoms with E-state index in [2.05, 4.69) is 10.9 Å². The van der Waals surface area contributed by atoms with E-state index >= 15 is 0 Å². The van der Waals surface area contributed by atoms with Crippen LogP contribution >= 0.6 is 0 Å². The summed E-state index contributed by atoms with van der Waals surface area (Å²) in [6.07, 6.45) is 6.91. The Labute approximate surface area is 141 Å². The molecule has 0 atom stereocenters. The Morgan fingerprint density at radius 3 is 2.38 bits per heavy atom. The molecule has 0 bridgehead atoms. The fraction of sp³-hybridized carbons (Fsp3) is 0.211. The van der Waals surface area contributed by atoms with E-state index in [4.69, 9.17) is 25.4 Å². The van der Waals surface area contributed by atoms with Gasteiger partial charge in [0.05, 0.1) is 21.3 Å². The number of ether oxygens (including phenoxy) is 4. The van der Waals surface area contributed by atoms with Gasteiger partial charge in [0, 0.05) is 12.3 Å². The van der Waals surface area contributed by atoms with Crippen LogP contribution in [0.3, 0.4) is 0 Å². The highest BCUT2D eigenvalue weighted by Gasteiger charge is 2.06. The monoisotopic (exact) mass is 325 g/mol. The normalized spacial score (nSPS) is 10.2. The number of aliphatic imine (C=N–C) groups is 1. The lowest BCUT2D eigenvalue weighted by molar-refractivity contribution is 0.331. The summed E-state index contributed by atoms with van der Waals surface area (Å²) in [5.74, 6) is 4.97. The maximum Gasteiger partial charge on any atom is 0.162 e. The van der Waals surface area contributed by atoms with Crippen molar-refractivity contribution in [3.8, 4) is 35.3 Å². The van der Waals surface area contributed by atoms with Crippen molar-refractivity contribution in [1.29, 1.82) is 0 Å². The summed E-state index contributed by atoms with van der Waals surface area (Å²) in [7, 11) is 4.78. The maximum atomic E-state index is 5.42. The molecule has 0 N–H and O–H groups in total. The van der Waals surface area contributed by atoms with Crippen molar-refractivity contribution in [2.75, 3.05) is 27.9 Å². The first kappa shape index (κ1) is 17.2. The first-order valence-electron chi connectivity index (χ1n) is 7.22. The molecule has 2 aromatic rings. The van der Waals surface area contributed by atoms with Gasteiger partial charge in [-0.15, -0.1) is 6.42 Å². The van der Waals surface area contributed by atoms with Gasteiger partial charge in [0.2, 0.25) is 0 Å². The van der Waals surface area contributed by atoms with E-state index in [0.717, 1.165) is 5.56 Å². The molecule has 0 amide bonds. The Kier molecular flexibility index (Phi) is 6.09. The van der Waals surface area contributed by atoms with Crippen LogP contribution in [0.1, 0.15) is 5.56 Å². The van der Waals surface area contributed by atoms with Crippen LogP contribution in [-0.4, -0.2) is 34.2 Å². The Hall–Kier alpha value is -3.13. The quantitative estimate of drug-likeness (QED) is 0.578. The van der Waals surface area contributed by atoms with Gasteiger partial charge in [-0.1, -0.05) is 5.92 Å². The molecule has 2 rings (SSSR count). The highest BCUT2D eigenvalue weighted by Crippen LogP contribution is 2.32. The lowest BCUT2D eigenvalue weighted by Crippen LogP contribution is -1.97. The van der Waals surface area contributed by atoms with Crippen molar-refractivity contribution in [3.05, 3.63) is 42.0 Å². The van der Waals surface area contributed by atoms with E-state index < -0.39 is 0 Å². The van der Waals surface area contributed by atoms with Crippen molar-refractivity contribution in [2.24, 2.45) is 4.99 Å². The zero-order valence-electron chi connectivity index (χ0n) is 13.9. The summed E-state index contributed by atoms with van der Waals surface area (Å²) in [4.78, 5) is 4.46. The number of rotatable bonds is 7. The molecule has 0 radical (unpaired) electrons. The van der Waals surface area contributed by atoms with Crippen LogP contribution in [0.2, 0.25) is 0 Å². The van der Waals surface area contributed by atoms with E-state index in [9.17, 15) is 0 Å². The summed E-state index contributed by atoms with van der Waals surface area (Å²) in [6.45, 7) is 0.185. The molecule has 0 heterocycles. The van der Waals surface area contributed by atoms with E-state index in [0.29, 0.717) is 28.7 Å². The summed E-state index contributed by atoms with van der Waals surface area (Å²) in [6, 6.07) is 10.9. The second-order valence-corrected chi connectivity index (χ2v) is 4.70. The van der Waals surface area contributed by atoms with Crippen LogP contribution in [0.25, 0.3) is 0 Å². The molecule has 2 aromatic carbocycles. The van der Waals surface area contributed by atoms with Gasteiger partial charge in [0.15, 0.2) is 11.5 Å². The van der Waals surface area contributed by atoms with Crippen molar-refractivity contribution >= 4 is 11.9 Å².